The van der Waals surface area contributed by atoms with Crippen LogP contribution in [0.4, 0.5) is 0 Å². The van der Waals surface area contributed by atoms with Gasteiger partial charge >= 0.3 is 0 Å². The van der Waals surface area contributed by atoms with Crippen LogP contribution in [-0.2, 0) is 4.74 Å². The number of rotatable bonds is 0. The lowest BCUT2D eigenvalue weighted by Gasteiger charge is -2.22. The fourth-order valence-corrected chi connectivity index (χ4v) is 1.57. The maximum Gasteiger partial charge on any atom is 0.224 e. The Morgan fingerprint density at radius 2 is 2.00 bits per heavy atom. The summed E-state index contributed by atoms with van der Waals surface area (Å²) < 4.78 is 5.14. The highest BCUT2D eigenvalue weighted by molar-refractivity contribution is 5.61. The van der Waals surface area contributed by atoms with Gasteiger partial charge in [0.2, 0.25) is 6.29 Å². The number of phenolic OH excluding ortho intramolecular Hbond substituents is 1. The van der Waals surface area contributed by atoms with E-state index in [1.165, 1.54) is 0 Å². The van der Waals surface area contributed by atoms with Gasteiger partial charge in [-0.15, -0.1) is 0 Å². The van der Waals surface area contributed by atoms with Gasteiger partial charge in [0.25, 0.3) is 0 Å². The molecule has 0 fully saturated rings. The third-order valence-electron chi connectivity index (χ3n) is 2.32. The molecule has 3 nitrogen and oxygen atoms in total. The minimum absolute atomic E-state index is 0.238. The Balaban J connectivity index is 2.61. The highest BCUT2D eigenvalue weighted by Crippen LogP contribution is 2.33. The molecule has 0 spiro atoms. The molecular weight excluding hydrogens is 180 g/mol. The molecule has 0 aliphatic carbocycles. The van der Waals surface area contributed by atoms with Crippen LogP contribution in [0, 0.1) is 6.92 Å². The lowest BCUT2D eigenvalue weighted by Crippen LogP contribution is -2.08. The second-order valence-corrected chi connectivity index (χ2v) is 3.49. The summed E-state index contributed by atoms with van der Waals surface area (Å²) in [4.78, 5) is 0. The van der Waals surface area contributed by atoms with Crippen molar-refractivity contribution < 1.29 is 14.9 Å². The van der Waals surface area contributed by atoms with Crippen molar-refractivity contribution in [2.45, 2.75) is 20.1 Å². The number of benzene rings is 1. The smallest absolute Gasteiger partial charge is 0.224 e. The highest BCUT2D eigenvalue weighted by atomic mass is 16.6. The molecule has 1 aliphatic heterocycles. The second-order valence-electron chi connectivity index (χ2n) is 3.49. The number of aliphatic hydroxyl groups is 1. The fourth-order valence-electron chi connectivity index (χ4n) is 1.57. The summed E-state index contributed by atoms with van der Waals surface area (Å²) in [5, 5.41) is 19.1. The van der Waals surface area contributed by atoms with Crippen LogP contribution >= 0.6 is 0 Å². The van der Waals surface area contributed by atoms with Crippen molar-refractivity contribution in [3.05, 3.63) is 34.6 Å². The van der Waals surface area contributed by atoms with Gasteiger partial charge < -0.3 is 14.9 Å². The SMILES string of the molecule is CC1=Cc2cc(O)c(C)cc2C(O)O1. The van der Waals surface area contributed by atoms with Crippen molar-refractivity contribution in [1.29, 1.82) is 0 Å². The van der Waals surface area contributed by atoms with E-state index in [1.54, 1.807) is 32.1 Å². The van der Waals surface area contributed by atoms with Gasteiger partial charge in [-0.05, 0) is 43.2 Å². The van der Waals surface area contributed by atoms with Gasteiger partial charge in [0.1, 0.15) is 5.75 Å². The molecule has 2 rings (SSSR count). The van der Waals surface area contributed by atoms with E-state index in [4.69, 9.17) is 4.74 Å². The molecule has 0 bridgehead atoms. The molecule has 0 saturated carbocycles. The zero-order chi connectivity index (χ0) is 10.3. The maximum absolute atomic E-state index is 9.60. The Hall–Kier alpha value is -1.48. The molecule has 74 valence electrons. The van der Waals surface area contributed by atoms with E-state index in [0.717, 1.165) is 11.1 Å². The molecule has 1 heterocycles. The van der Waals surface area contributed by atoms with Gasteiger partial charge in [-0.1, -0.05) is 0 Å². The Morgan fingerprint density at radius 1 is 1.29 bits per heavy atom. The van der Waals surface area contributed by atoms with Crippen molar-refractivity contribution in [2.75, 3.05) is 0 Å². The van der Waals surface area contributed by atoms with Crippen LogP contribution in [0.25, 0.3) is 6.08 Å². The van der Waals surface area contributed by atoms with E-state index in [-0.39, 0.29) is 5.75 Å². The normalized spacial score (nSPS) is 19.6. The third kappa shape index (κ3) is 1.36. The largest absolute Gasteiger partial charge is 0.508 e. The first-order valence-corrected chi connectivity index (χ1v) is 4.44. The molecule has 1 unspecified atom stereocenters. The number of allylic oxidation sites excluding steroid dienone is 1. The number of ether oxygens (including phenoxy) is 1. The molecule has 0 radical (unpaired) electrons. The van der Waals surface area contributed by atoms with E-state index in [2.05, 4.69) is 0 Å². The summed E-state index contributed by atoms with van der Waals surface area (Å²) in [6, 6.07) is 3.37. The van der Waals surface area contributed by atoms with Gasteiger partial charge in [-0.2, -0.15) is 0 Å². The summed E-state index contributed by atoms with van der Waals surface area (Å²) in [7, 11) is 0. The number of hydrogen-bond donors (Lipinski definition) is 2. The predicted molar refractivity (Wildman–Crippen MR) is 52.5 cm³/mol. The zero-order valence-electron chi connectivity index (χ0n) is 8.11. The second kappa shape index (κ2) is 3.03. The van der Waals surface area contributed by atoms with Crippen molar-refractivity contribution in [3.63, 3.8) is 0 Å². The van der Waals surface area contributed by atoms with E-state index in [9.17, 15) is 10.2 Å². The van der Waals surface area contributed by atoms with E-state index < -0.39 is 6.29 Å². The van der Waals surface area contributed by atoms with E-state index in [1.807, 2.05) is 0 Å². The van der Waals surface area contributed by atoms with Crippen LogP contribution in [-0.4, -0.2) is 10.2 Å². The maximum atomic E-state index is 9.60. The van der Waals surface area contributed by atoms with Crippen molar-refractivity contribution >= 4 is 6.08 Å². The topological polar surface area (TPSA) is 49.7 Å². The minimum atomic E-state index is -0.922. The fraction of sp³-hybridized carbons (Fsp3) is 0.273. The number of fused-ring (bicyclic) bond motifs is 1. The van der Waals surface area contributed by atoms with Crippen LogP contribution in [0.15, 0.2) is 17.9 Å². The van der Waals surface area contributed by atoms with Crippen molar-refractivity contribution in [2.24, 2.45) is 0 Å². The van der Waals surface area contributed by atoms with Crippen molar-refractivity contribution in [3.8, 4) is 5.75 Å². The summed E-state index contributed by atoms with van der Waals surface area (Å²) in [6.07, 6.45) is 0.871. The van der Waals surface area contributed by atoms with Crippen LogP contribution in [0.1, 0.15) is 29.9 Å². The van der Waals surface area contributed by atoms with E-state index >= 15 is 0 Å². The molecule has 1 atom stereocenters. The molecule has 14 heavy (non-hydrogen) atoms. The number of phenols is 1. The first-order valence-electron chi connectivity index (χ1n) is 4.44. The van der Waals surface area contributed by atoms with Crippen LogP contribution in [0.2, 0.25) is 0 Å². The number of aryl methyl sites for hydroxylation is 1. The number of hydrogen-bond acceptors (Lipinski definition) is 3. The van der Waals surface area contributed by atoms with Gasteiger partial charge in [0, 0.05) is 5.56 Å². The molecule has 1 aromatic carbocycles. The molecule has 2 N–H and O–H groups in total. The minimum Gasteiger partial charge on any atom is -0.508 e. The molecule has 0 aromatic heterocycles. The third-order valence-corrected chi connectivity index (χ3v) is 2.32. The number of aliphatic hydroxyl groups excluding tert-OH is 1. The molecule has 1 aliphatic rings. The molecule has 0 saturated heterocycles. The van der Waals surface area contributed by atoms with Gasteiger partial charge in [0.15, 0.2) is 0 Å². The van der Waals surface area contributed by atoms with Crippen LogP contribution in [0.3, 0.4) is 0 Å². The first kappa shape index (κ1) is 9.09. The summed E-state index contributed by atoms with van der Waals surface area (Å²) in [5.74, 6) is 0.884. The lowest BCUT2D eigenvalue weighted by molar-refractivity contribution is -0.0689. The summed E-state index contributed by atoms with van der Waals surface area (Å²) >= 11 is 0. The Bertz CT molecular complexity index is 407. The molecule has 0 amide bonds. The average Bonchev–Trinajstić information content (AvgIpc) is 2.08. The first-order chi connectivity index (χ1) is 6.58. The zero-order valence-corrected chi connectivity index (χ0v) is 8.11. The average molecular weight is 192 g/mol. The Labute approximate surface area is 82.3 Å². The Morgan fingerprint density at radius 3 is 2.71 bits per heavy atom. The standard InChI is InChI=1S/C11H12O3/c1-6-3-9-8(5-10(6)12)4-7(2)14-11(9)13/h3-5,11-13H,1-2H3. The highest BCUT2D eigenvalue weighted by Gasteiger charge is 2.19. The van der Waals surface area contributed by atoms with Gasteiger partial charge in [-0.25, -0.2) is 0 Å². The molecule has 3 heteroatoms. The molecular formula is C11H12O3. The van der Waals surface area contributed by atoms with E-state index in [0.29, 0.717) is 11.3 Å². The van der Waals surface area contributed by atoms with Gasteiger partial charge in [-0.3, -0.25) is 0 Å². The Kier molecular flexibility index (Phi) is 1.97. The quantitative estimate of drug-likeness (QED) is 0.661. The van der Waals surface area contributed by atoms with Crippen LogP contribution < -0.4 is 0 Å². The predicted octanol–water partition coefficient (Wildman–Crippen LogP) is 2.08. The van der Waals surface area contributed by atoms with Gasteiger partial charge in [0.05, 0.1) is 5.76 Å². The monoisotopic (exact) mass is 192 g/mol. The lowest BCUT2D eigenvalue weighted by atomic mass is 10.0. The molecule has 1 aromatic rings. The number of aromatic hydroxyl groups is 1. The summed E-state index contributed by atoms with van der Waals surface area (Å²) in [5.41, 5.74) is 2.25. The van der Waals surface area contributed by atoms with Crippen molar-refractivity contribution in [1.82, 2.24) is 0 Å². The van der Waals surface area contributed by atoms with Crippen LogP contribution in [0.5, 0.6) is 5.75 Å². The summed E-state index contributed by atoms with van der Waals surface area (Å²) in [6.45, 7) is 3.55.